The maximum absolute atomic E-state index is 13.6. The molecule has 4 aromatic rings. The lowest BCUT2D eigenvalue weighted by molar-refractivity contribution is -0.136. The van der Waals surface area contributed by atoms with E-state index in [9.17, 15) is 13.2 Å². The van der Waals surface area contributed by atoms with E-state index in [4.69, 9.17) is 4.74 Å². The fourth-order valence-corrected chi connectivity index (χ4v) is 3.67. The first-order chi connectivity index (χ1) is 14.3. The standard InChI is InChI=1S/C24H21F3N2O/c1-15-7-9-17(10-8-15)14-29-23(19-12-11-18(30-3)13-16(19)2)20-5-4-6-21(22(20)28-29)24(25,26)27/h4-13H,14H2,1-3H3. The van der Waals surface area contributed by atoms with E-state index >= 15 is 0 Å². The Morgan fingerprint density at radius 2 is 1.70 bits per heavy atom. The van der Waals surface area contributed by atoms with E-state index in [1.165, 1.54) is 6.07 Å². The summed E-state index contributed by atoms with van der Waals surface area (Å²) in [6, 6.07) is 17.7. The molecule has 0 aliphatic rings. The molecular formula is C24H21F3N2O. The Kier molecular flexibility index (Phi) is 5.02. The molecule has 6 heteroatoms. The van der Waals surface area contributed by atoms with E-state index in [1.54, 1.807) is 17.9 Å². The Morgan fingerprint density at radius 1 is 0.967 bits per heavy atom. The number of rotatable bonds is 4. The van der Waals surface area contributed by atoms with Gasteiger partial charge in [0.05, 0.1) is 24.9 Å². The Balaban J connectivity index is 1.97. The third kappa shape index (κ3) is 3.65. The molecular weight excluding hydrogens is 389 g/mol. The van der Waals surface area contributed by atoms with E-state index in [0.717, 1.165) is 28.3 Å². The van der Waals surface area contributed by atoms with Crippen LogP contribution in [0.15, 0.2) is 60.7 Å². The predicted octanol–water partition coefficient (Wildman–Crippen LogP) is 6.40. The third-order valence-corrected chi connectivity index (χ3v) is 5.22. The molecule has 0 unspecified atom stereocenters. The number of aromatic nitrogens is 2. The second-order valence-corrected chi connectivity index (χ2v) is 7.37. The molecule has 0 amide bonds. The lowest BCUT2D eigenvalue weighted by atomic mass is 10.0. The molecule has 0 atom stereocenters. The smallest absolute Gasteiger partial charge is 0.418 e. The number of aryl methyl sites for hydroxylation is 2. The Labute approximate surface area is 172 Å². The summed E-state index contributed by atoms with van der Waals surface area (Å²) < 4.78 is 47.9. The van der Waals surface area contributed by atoms with E-state index in [0.29, 0.717) is 23.4 Å². The summed E-state index contributed by atoms with van der Waals surface area (Å²) in [5.41, 5.74) is 3.71. The summed E-state index contributed by atoms with van der Waals surface area (Å²) in [5.74, 6) is 0.695. The minimum atomic E-state index is -4.48. The van der Waals surface area contributed by atoms with Crippen LogP contribution in [0.1, 0.15) is 22.3 Å². The van der Waals surface area contributed by atoms with Gasteiger partial charge < -0.3 is 4.74 Å². The van der Waals surface area contributed by atoms with Crippen molar-refractivity contribution in [3.8, 4) is 17.0 Å². The topological polar surface area (TPSA) is 27.1 Å². The van der Waals surface area contributed by atoms with Crippen LogP contribution in [0.25, 0.3) is 22.2 Å². The third-order valence-electron chi connectivity index (χ3n) is 5.22. The monoisotopic (exact) mass is 410 g/mol. The lowest BCUT2D eigenvalue weighted by Crippen LogP contribution is -2.07. The maximum Gasteiger partial charge on any atom is 0.418 e. The van der Waals surface area contributed by atoms with Crippen molar-refractivity contribution in [3.05, 3.63) is 82.9 Å². The maximum atomic E-state index is 13.6. The SMILES string of the molecule is COc1ccc(-c2c3cccc(C(F)(F)F)c3nn2Cc2ccc(C)cc2)c(C)c1. The number of ether oxygens (including phenoxy) is 1. The summed E-state index contributed by atoms with van der Waals surface area (Å²) >= 11 is 0. The molecule has 4 rings (SSSR count). The minimum Gasteiger partial charge on any atom is -0.497 e. The van der Waals surface area contributed by atoms with Gasteiger partial charge in [-0.2, -0.15) is 18.3 Å². The Hall–Kier alpha value is -3.28. The first-order valence-corrected chi connectivity index (χ1v) is 9.55. The van der Waals surface area contributed by atoms with Gasteiger partial charge >= 0.3 is 6.18 Å². The fraction of sp³-hybridized carbons (Fsp3) is 0.208. The first-order valence-electron chi connectivity index (χ1n) is 9.55. The number of alkyl halides is 3. The molecule has 3 nitrogen and oxygen atoms in total. The Morgan fingerprint density at radius 3 is 2.33 bits per heavy atom. The van der Waals surface area contributed by atoms with Crippen LogP contribution in [0.3, 0.4) is 0 Å². The molecule has 0 saturated heterocycles. The van der Waals surface area contributed by atoms with Crippen molar-refractivity contribution in [3.63, 3.8) is 0 Å². The second-order valence-electron chi connectivity index (χ2n) is 7.37. The highest BCUT2D eigenvalue weighted by molar-refractivity contribution is 5.96. The van der Waals surface area contributed by atoms with Crippen molar-refractivity contribution in [2.75, 3.05) is 7.11 Å². The van der Waals surface area contributed by atoms with Gasteiger partial charge in [-0.1, -0.05) is 42.0 Å². The summed E-state index contributed by atoms with van der Waals surface area (Å²) in [4.78, 5) is 0. The number of fused-ring (bicyclic) bond motifs is 1. The van der Waals surface area contributed by atoms with E-state index in [2.05, 4.69) is 5.10 Å². The average Bonchev–Trinajstić information content (AvgIpc) is 3.06. The van der Waals surface area contributed by atoms with Crippen LogP contribution < -0.4 is 4.74 Å². The molecule has 0 fully saturated rings. The molecule has 0 saturated carbocycles. The molecule has 0 aliphatic heterocycles. The van der Waals surface area contributed by atoms with Gasteiger partial charge in [0.25, 0.3) is 0 Å². The molecule has 0 bridgehead atoms. The molecule has 0 aliphatic carbocycles. The van der Waals surface area contributed by atoms with Crippen LogP contribution in [0.4, 0.5) is 13.2 Å². The van der Waals surface area contributed by atoms with Crippen molar-refractivity contribution < 1.29 is 17.9 Å². The molecule has 0 N–H and O–H groups in total. The van der Waals surface area contributed by atoms with Gasteiger partial charge in [0.1, 0.15) is 11.3 Å². The van der Waals surface area contributed by atoms with E-state index in [1.807, 2.05) is 56.3 Å². The quantitative estimate of drug-likeness (QED) is 0.389. The van der Waals surface area contributed by atoms with Gasteiger partial charge in [-0.05, 0) is 49.2 Å². The molecule has 3 aromatic carbocycles. The normalized spacial score (nSPS) is 11.8. The highest BCUT2D eigenvalue weighted by Crippen LogP contribution is 2.39. The zero-order valence-electron chi connectivity index (χ0n) is 16.9. The van der Waals surface area contributed by atoms with Gasteiger partial charge in [-0.25, -0.2) is 0 Å². The number of methoxy groups -OCH3 is 1. The lowest BCUT2D eigenvalue weighted by Gasteiger charge is -2.12. The number of benzene rings is 3. The van der Waals surface area contributed by atoms with Crippen molar-refractivity contribution in [2.24, 2.45) is 0 Å². The number of nitrogens with zero attached hydrogens (tertiary/aromatic N) is 2. The van der Waals surface area contributed by atoms with Crippen molar-refractivity contribution >= 4 is 10.9 Å². The zero-order chi connectivity index (χ0) is 21.5. The highest BCUT2D eigenvalue weighted by Gasteiger charge is 2.34. The highest BCUT2D eigenvalue weighted by atomic mass is 19.4. The van der Waals surface area contributed by atoms with Crippen LogP contribution in [0.2, 0.25) is 0 Å². The van der Waals surface area contributed by atoms with E-state index < -0.39 is 11.7 Å². The first kappa shape index (κ1) is 20.0. The van der Waals surface area contributed by atoms with Crippen LogP contribution >= 0.6 is 0 Å². The van der Waals surface area contributed by atoms with Crippen LogP contribution in [-0.2, 0) is 12.7 Å². The molecule has 0 radical (unpaired) electrons. The van der Waals surface area contributed by atoms with Crippen LogP contribution in [-0.4, -0.2) is 16.9 Å². The molecule has 1 heterocycles. The average molecular weight is 410 g/mol. The summed E-state index contributed by atoms with van der Waals surface area (Å²) in [6.45, 7) is 4.28. The van der Waals surface area contributed by atoms with Gasteiger partial charge in [0.15, 0.2) is 0 Å². The van der Waals surface area contributed by atoms with Crippen molar-refractivity contribution in [1.29, 1.82) is 0 Å². The van der Waals surface area contributed by atoms with Crippen LogP contribution in [0.5, 0.6) is 5.75 Å². The summed E-state index contributed by atoms with van der Waals surface area (Å²) in [7, 11) is 1.58. The minimum absolute atomic E-state index is 0.0395. The van der Waals surface area contributed by atoms with E-state index in [-0.39, 0.29) is 5.52 Å². The zero-order valence-corrected chi connectivity index (χ0v) is 16.9. The van der Waals surface area contributed by atoms with Crippen molar-refractivity contribution in [2.45, 2.75) is 26.6 Å². The summed E-state index contributed by atoms with van der Waals surface area (Å²) in [6.07, 6.45) is -4.48. The van der Waals surface area contributed by atoms with Gasteiger partial charge in [0.2, 0.25) is 0 Å². The second kappa shape index (κ2) is 7.52. The molecule has 1 aromatic heterocycles. The number of hydrogen-bond acceptors (Lipinski definition) is 2. The fourth-order valence-electron chi connectivity index (χ4n) is 3.67. The molecule has 30 heavy (non-hydrogen) atoms. The number of halogens is 3. The predicted molar refractivity (Wildman–Crippen MR) is 112 cm³/mol. The largest absolute Gasteiger partial charge is 0.497 e. The van der Waals surface area contributed by atoms with Crippen molar-refractivity contribution in [1.82, 2.24) is 9.78 Å². The molecule has 154 valence electrons. The van der Waals surface area contributed by atoms with Gasteiger partial charge in [0, 0.05) is 10.9 Å². The van der Waals surface area contributed by atoms with Gasteiger partial charge in [-0.15, -0.1) is 0 Å². The van der Waals surface area contributed by atoms with Gasteiger partial charge in [-0.3, -0.25) is 4.68 Å². The van der Waals surface area contributed by atoms with Crippen LogP contribution in [0, 0.1) is 13.8 Å². The Bertz CT molecular complexity index is 1210. The number of hydrogen-bond donors (Lipinski definition) is 0. The summed E-state index contributed by atoms with van der Waals surface area (Å²) in [5, 5.41) is 4.90. The molecule has 0 spiro atoms.